The molecule has 0 heterocycles. The molecule has 0 saturated carbocycles. The van der Waals surface area contributed by atoms with Crippen LogP contribution < -0.4 is 5.32 Å². The molecule has 1 unspecified atom stereocenters. The van der Waals surface area contributed by atoms with Crippen LogP contribution in [0.15, 0.2) is 30.3 Å². The molecule has 1 atom stereocenters. The van der Waals surface area contributed by atoms with E-state index in [0.29, 0.717) is 12.0 Å². The van der Waals surface area contributed by atoms with Gasteiger partial charge in [-0.1, -0.05) is 38.0 Å². The second kappa shape index (κ2) is 9.78. The molecular weight excluding hydrogens is 301 g/mol. The van der Waals surface area contributed by atoms with Crippen molar-refractivity contribution in [1.82, 2.24) is 5.32 Å². The Hall–Kier alpha value is -1.16. The third-order valence-corrected chi connectivity index (χ3v) is 5.55. The lowest BCUT2D eigenvalue weighted by Gasteiger charge is -2.27. The van der Waals surface area contributed by atoms with Crippen LogP contribution in [0.4, 0.5) is 0 Å². The van der Waals surface area contributed by atoms with Crippen molar-refractivity contribution in [3.8, 4) is 0 Å². The van der Waals surface area contributed by atoms with E-state index in [1.165, 1.54) is 0 Å². The highest BCUT2D eigenvalue weighted by Crippen LogP contribution is 2.53. The van der Waals surface area contributed by atoms with Gasteiger partial charge in [0, 0.05) is 5.56 Å². The van der Waals surface area contributed by atoms with Crippen molar-refractivity contribution in [2.45, 2.75) is 45.8 Å². The molecule has 0 radical (unpaired) electrons. The number of amides is 1. The van der Waals surface area contributed by atoms with Gasteiger partial charge in [-0.2, -0.15) is 0 Å². The molecule has 1 rings (SSSR count). The molecule has 1 N–H and O–H groups in total. The monoisotopic (exact) mass is 327 g/mol. The maximum absolute atomic E-state index is 12.9. The van der Waals surface area contributed by atoms with Gasteiger partial charge in [-0.3, -0.25) is 9.36 Å². The fraction of sp³-hybridized carbons (Fsp3) is 0.562. The molecule has 6 heteroatoms. The van der Waals surface area contributed by atoms with E-state index in [2.05, 4.69) is 5.32 Å². The Bertz CT molecular complexity index is 482. The summed E-state index contributed by atoms with van der Waals surface area (Å²) in [5.41, 5.74) is 0.531. The van der Waals surface area contributed by atoms with Gasteiger partial charge in [0.2, 0.25) is 0 Å². The Morgan fingerprint density at radius 2 is 1.73 bits per heavy atom. The number of carbonyl (C=O) groups excluding carboxylic acids is 1. The predicted octanol–water partition coefficient (Wildman–Crippen LogP) is 4.20. The van der Waals surface area contributed by atoms with Gasteiger partial charge < -0.3 is 14.4 Å². The highest BCUT2D eigenvalue weighted by molar-refractivity contribution is 7.54. The van der Waals surface area contributed by atoms with E-state index in [-0.39, 0.29) is 19.1 Å². The quantitative estimate of drug-likeness (QED) is 0.654. The van der Waals surface area contributed by atoms with Gasteiger partial charge in [-0.15, -0.1) is 0 Å². The zero-order valence-corrected chi connectivity index (χ0v) is 14.5. The topological polar surface area (TPSA) is 64.6 Å². The van der Waals surface area contributed by atoms with E-state index in [9.17, 15) is 9.36 Å². The average Bonchev–Trinajstić information content (AvgIpc) is 2.52. The minimum absolute atomic E-state index is 0.263. The minimum atomic E-state index is -3.37. The van der Waals surface area contributed by atoms with Crippen molar-refractivity contribution >= 4 is 13.5 Å². The molecule has 1 aromatic carbocycles. The van der Waals surface area contributed by atoms with Gasteiger partial charge in [0.05, 0.1) is 13.2 Å². The van der Waals surface area contributed by atoms with Crippen molar-refractivity contribution in [2.24, 2.45) is 0 Å². The first-order valence-electron chi connectivity index (χ1n) is 7.82. The molecule has 0 spiro atoms. The van der Waals surface area contributed by atoms with Crippen molar-refractivity contribution in [3.63, 3.8) is 0 Å². The minimum Gasteiger partial charge on any atom is -0.338 e. The van der Waals surface area contributed by atoms with E-state index in [0.717, 1.165) is 12.8 Å². The summed E-state index contributed by atoms with van der Waals surface area (Å²) in [6.45, 7) is 6.13. The summed E-state index contributed by atoms with van der Waals surface area (Å²) < 4.78 is 23.7. The fourth-order valence-corrected chi connectivity index (χ4v) is 4.04. The smallest absolute Gasteiger partial charge is 0.338 e. The maximum atomic E-state index is 12.9. The molecule has 1 amide bonds. The SMILES string of the molecule is CCCCC(NC(=O)c1ccccc1)P(=O)(OCC)OCC. The Morgan fingerprint density at radius 3 is 2.23 bits per heavy atom. The third-order valence-electron chi connectivity index (χ3n) is 3.16. The first kappa shape index (κ1) is 18.9. The van der Waals surface area contributed by atoms with Crippen LogP contribution in [0.25, 0.3) is 0 Å². The molecule has 0 aliphatic rings. The molecule has 0 fully saturated rings. The number of rotatable bonds is 10. The second-order valence-electron chi connectivity index (χ2n) is 4.87. The molecule has 0 aliphatic carbocycles. The molecule has 22 heavy (non-hydrogen) atoms. The molecule has 124 valence electrons. The predicted molar refractivity (Wildman–Crippen MR) is 88.1 cm³/mol. The van der Waals surface area contributed by atoms with Gasteiger partial charge >= 0.3 is 7.60 Å². The zero-order valence-electron chi connectivity index (χ0n) is 13.6. The van der Waals surface area contributed by atoms with Crippen LogP contribution in [0.2, 0.25) is 0 Å². The third kappa shape index (κ3) is 5.56. The number of nitrogens with one attached hydrogen (secondary N) is 1. The summed E-state index contributed by atoms with van der Waals surface area (Å²) in [7, 11) is -3.37. The molecule has 1 aromatic rings. The van der Waals surface area contributed by atoms with E-state index in [4.69, 9.17) is 9.05 Å². The summed E-state index contributed by atoms with van der Waals surface area (Å²) in [5.74, 6) is -0.888. The van der Waals surface area contributed by atoms with E-state index in [1.54, 1.807) is 38.1 Å². The van der Waals surface area contributed by atoms with Crippen LogP contribution in [-0.2, 0) is 13.6 Å². The summed E-state index contributed by atoms with van der Waals surface area (Å²) in [5, 5.41) is 2.83. The lowest BCUT2D eigenvalue weighted by Crippen LogP contribution is -2.36. The normalized spacial score (nSPS) is 12.9. The first-order chi connectivity index (χ1) is 10.6. The van der Waals surface area contributed by atoms with E-state index in [1.807, 2.05) is 13.0 Å². The van der Waals surface area contributed by atoms with Crippen LogP contribution in [0.5, 0.6) is 0 Å². The summed E-state index contributed by atoms with van der Waals surface area (Å²) in [6.07, 6.45) is 2.34. The lowest BCUT2D eigenvalue weighted by molar-refractivity contribution is 0.0935. The maximum Gasteiger partial charge on any atom is 0.352 e. The number of benzene rings is 1. The summed E-state index contributed by atoms with van der Waals surface area (Å²) in [6, 6.07) is 8.87. The summed E-state index contributed by atoms with van der Waals surface area (Å²) in [4.78, 5) is 12.3. The standard InChI is InChI=1S/C16H26NO4P/c1-4-7-13-15(22(19,20-5-2)21-6-3)17-16(18)14-11-9-8-10-12-14/h8-12,15H,4-7,13H2,1-3H3,(H,17,18). The van der Waals surface area contributed by atoms with Gasteiger partial charge in [-0.25, -0.2) is 0 Å². The van der Waals surface area contributed by atoms with Gasteiger partial charge in [0.1, 0.15) is 5.78 Å². The first-order valence-corrected chi connectivity index (χ1v) is 9.43. The largest absolute Gasteiger partial charge is 0.352 e. The molecule has 0 aromatic heterocycles. The molecule has 0 bridgehead atoms. The number of unbranched alkanes of at least 4 members (excludes halogenated alkanes) is 1. The van der Waals surface area contributed by atoms with Crippen LogP contribution in [0.1, 0.15) is 50.4 Å². The lowest BCUT2D eigenvalue weighted by atomic mass is 10.2. The summed E-state index contributed by atoms with van der Waals surface area (Å²) >= 11 is 0. The zero-order chi connectivity index (χ0) is 16.4. The second-order valence-corrected chi connectivity index (χ2v) is 7.09. The van der Waals surface area contributed by atoms with Crippen molar-refractivity contribution < 1.29 is 18.4 Å². The highest BCUT2D eigenvalue weighted by atomic mass is 31.2. The Labute approximate surface area is 132 Å². The van der Waals surface area contributed by atoms with E-state index < -0.39 is 13.4 Å². The van der Waals surface area contributed by atoms with Crippen molar-refractivity contribution in [3.05, 3.63) is 35.9 Å². The van der Waals surface area contributed by atoms with Crippen molar-refractivity contribution in [2.75, 3.05) is 13.2 Å². The van der Waals surface area contributed by atoms with Crippen LogP contribution in [0, 0.1) is 0 Å². The number of hydrogen-bond donors (Lipinski definition) is 1. The van der Waals surface area contributed by atoms with Gasteiger partial charge in [-0.05, 0) is 32.4 Å². The Morgan fingerprint density at radius 1 is 1.14 bits per heavy atom. The van der Waals surface area contributed by atoms with Gasteiger partial charge in [0.25, 0.3) is 5.91 Å². The fourth-order valence-electron chi connectivity index (χ4n) is 2.11. The molecule has 0 saturated heterocycles. The average molecular weight is 327 g/mol. The Balaban J connectivity index is 2.91. The Kier molecular flexibility index (Phi) is 8.39. The highest BCUT2D eigenvalue weighted by Gasteiger charge is 2.36. The number of carbonyl (C=O) groups is 1. The molecular formula is C16H26NO4P. The van der Waals surface area contributed by atoms with Crippen LogP contribution >= 0.6 is 7.60 Å². The van der Waals surface area contributed by atoms with Gasteiger partial charge in [0.15, 0.2) is 0 Å². The van der Waals surface area contributed by atoms with Crippen LogP contribution in [-0.4, -0.2) is 24.9 Å². The molecule has 0 aliphatic heterocycles. The molecule has 5 nitrogen and oxygen atoms in total. The van der Waals surface area contributed by atoms with Crippen LogP contribution in [0.3, 0.4) is 0 Å². The number of hydrogen-bond acceptors (Lipinski definition) is 4. The van der Waals surface area contributed by atoms with Crippen molar-refractivity contribution in [1.29, 1.82) is 0 Å². The van der Waals surface area contributed by atoms with E-state index >= 15 is 0 Å².